The first-order valence-corrected chi connectivity index (χ1v) is 12.2. The average Bonchev–Trinajstić information content (AvgIpc) is 3.48. The van der Waals surface area contributed by atoms with Crippen LogP contribution in [0.1, 0.15) is 28.9 Å². The summed E-state index contributed by atoms with van der Waals surface area (Å²) in [6.07, 6.45) is 1.60. The summed E-state index contributed by atoms with van der Waals surface area (Å²) in [6.45, 7) is -0.0340. The van der Waals surface area contributed by atoms with E-state index in [0.717, 1.165) is 29.2 Å². The van der Waals surface area contributed by atoms with E-state index in [4.69, 9.17) is 14.2 Å². The number of hydrogen-bond donors (Lipinski definition) is 1. The highest BCUT2D eigenvalue weighted by molar-refractivity contribution is 7.89. The molecule has 168 valence electrons. The van der Waals surface area contributed by atoms with Gasteiger partial charge in [0.15, 0.2) is 0 Å². The van der Waals surface area contributed by atoms with E-state index in [1.807, 2.05) is 29.6 Å². The van der Waals surface area contributed by atoms with Crippen molar-refractivity contribution < 1.29 is 27.4 Å². The third-order valence-corrected chi connectivity index (χ3v) is 7.29. The summed E-state index contributed by atoms with van der Waals surface area (Å²) in [5.74, 6) is 0.246. The highest BCUT2D eigenvalue weighted by atomic mass is 32.2. The lowest BCUT2D eigenvalue weighted by Gasteiger charge is -2.12. The van der Waals surface area contributed by atoms with E-state index < -0.39 is 16.0 Å². The van der Waals surface area contributed by atoms with Gasteiger partial charge < -0.3 is 14.2 Å². The maximum atomic E-state index is 12.6. The minimum absolute atomic E-state index is 0.0340. The van der Waals surface area contributed by atoms with Gasteiger partial charge in [0.1, 0.15) is 28.0 Å². The number of aromatic nitrogens is 1. The molecule has 0 bridgehead atoms. The zero-order valence-corrected chi connectivity index (χ0v) is 19.2. The van der Waals surface area contributed by atoms with Gasteiger partial charge in [0.05, 0.1) is 25.5 Å². The molecule has 0 radical (unpaired) electrons. The van der Waals surface area contributed by atoms with Gasteiger partial charge in [-0.2, -0.15) is 0 Å². The molecule has 0 amide bonds. The molecule has 3 aromatic rings. The van der Waals surface area contributed by atoms with Gasteiger partial charge in [0.25, 0.3) is 0 Å². The van der Waals surface area contributed by atoms with Crippen LogP contribution in [0.25, 0.3) is 10.6 Å². The van der Waals surface area contributed by atoms with E-state index >= 15 is 0 Å². The molecule has 32 heavy (non-hydrogen) atoms. The number of nitrogens with one attached hydrogen (secondary N) is 1. The molecule has 1 saturated carbocycles. The van der Waals surface area contributed by atoms with Crippen LogP contribution in [0.4, 0.5) is 0 Å². The number of esters is 1. The summed E-state index contributed by atoms with van der Waals surface area (Å²) in [4.78, 5) is 17.0. The lowest BCUT2D eigenvalue weighted by Crippen LogP contribution is -2.26. The normalized spacial score (nSPS) is 13.6. The Morgan fingerprint density at radius 2 is 1.97 bits per heavy atom. The molecule has 10 heteroatoms. The lowest BCUT2D eigenvalue weighted by atomic mass is 10.2. The van der Waals surface area contributed by atoms with Gasteiger partial charge in [0.2, 0.25) is 10.0 Å². The fourth-order valence-electron chi connectivity index (χ4n) is 2.98. The molecule has 1 aliphatic carbocycles. The second-order valence-corrected chi connectivity index (χ2v) is 9.75. The van der Waals surface area contributed by atoms with Gasteiger partial charge in [-0.05, 0) is 43.2 Å². The molecule has 1 heterocycles. The van der Waals surface area contributed by atoms with Crippen LogP contribution >= 0.6 is 11.3 Å². The Balaban J connectivity index is 1.46. The molecule has 0 atom stereocenters. The first kappa shape index (κ1) is 22.3. The third kappa shape index (κ3) is 5.09. The third-order valence-electron chi connectivity index (χ3n) is 4.81. The number of carbonyl (C=O) groups excluding carboxylic acids is 1. The summed E-state index contributed by atoms with van der Waals surface area (Å²) >= 11 is 1.43. The monoisotopic (exact) mass is 474 g/mol. The predicted molar refractivity (Wildman–Crippen MR) is 120 cm³/mol. The Bertz CT molecular complexity index is 1230. The number of nitrogens with zero attached hydrogens (tertiary/aromatic N) is 1. The minimum atomic E-state index is -3.80. The van der Waals surface area contributed by atoms with E-state index in [9.17, 15) is 13.2 Å². The number of rotatable bonds is 9. The summed E-state index contributed by atoms with van der Waals surface area (Å²) in [7, 11) is -0.818. The summed E-state index contributed by atoms with van der Waals surface area (Å²) in [5, 5.41) is 2.59. The highest BCUT2D eigenvalue weighted by Crippen LogP contribution is 2.29. The standard InChI is InChI=1S/C22H22N2O6S2/c1-28-18-5-3-4-14(10-18)21-23-17(13-31-21)12-30-22(25)15-6-9-19(29-2)20(11-15)32(26,27)24-16-7-8-16/h3-6,9-11,13,16,24H,7-8,12H2,1-2H3. The number of ether oxygens (including phenoxy) is 3. The molecule has 0 aliphatic heterocycles. The van der Waals surface area contributed by atoms with Gasteiger partial charge >= 0.3 is 5.97 Å². The van der Waals surface area contributed by atoms with E-state index in [1.54, 1.807) is 7.11 Å². The molecule has 1 aliphatic rings. The molecular formula is C22H22N2O6S2. The molecule has 4 rings (SSSR count). The van der Waals surface area contributed by atoms with Crippen molar-refractivity contribution in [3.8, 4) is 22.1 Å². The second kappa shape index (κ2) is 9.27. The Morgan fingerprint density at radius 3 is 2.69 bits per heavy atom. The van der Waals surface area contributed by atoms with Crippen LogP contribution in [0.3, 0.4) is 0 Å². The van der Waals surface area contributed by atoms with Crippen molar-refractivity contribution in [3.63, 3.8) is 0 Å². The Hall–Kier alpha value is -2.95. The summed E-state index contributed by atoms with van der Waals surface area (Å²) in [5.41, 5.74) is 1.61. The van der Waals surface area contributed by atoms with Crippen LogP contribution in [0, 0.1) is 0 Å². The van der Waals surface area contributed by atoms with Crippen molar-refractivity contribution in [2.45, 2.75) is 30.4 Å². The first-order valence-electron chi connectivity index (χ1n) is 9.86. The van der Waals surface area contributed by atoms with Crippen LogP contribution < -0.4 is 14.2 Å². The number of carbonyl (C=O) groups is 1. The van der Waals surface area contributed by atoms with E-state index in [2.05, 4.69) is 9.71 Å². The fraction of sp³-hybridized carbons (Fsp3) is 0.273. The van der Waals surface area contributed by atoms with Crippen molar-refractivity contribution in [3.05, 3.63) is 59.1 Å². The van der Waals surface area contributed by atoms with E-state index in [-0.39, 0.29) is 28.9 Å². The number of benzene rings is 2. The van der Waals surface area contributed by atoms with Crippen molar-refractivity contribution in [1.82, 2.24) is 9.71 Å². The van der Waals surface area contributed by atoms with Gasteiger partial charge in [0, 0.05) is 17.0 Å². The molecule has 0 spiro atoms. The number of thiazole rings is 1. The van der Waals surface area contributed by atoms with Crippen LogP contribution in [0.2, 0.25) is 0 Å². The zero-order valence-electron chi connectivity index (χ0n) is 17.5. The maximum Gasteiger partial charge on any atom is 0.338 e. The molecular weight excluding hydrogens is 452 g/mol. The number of methoxy groups -OCH3 is 2. The van der Waals surface area contributed by atoms with Crippen molar-refractivity contribution in [2.75, 3.05) is 14.2 Å². The SMILES string of the molecule is COc1cccc(-c2nc(COC(=O)c3ccc(OC)c(S(=O)(=O)NC4CC4)c3)cs2)c1. The molecule has 0 saturated heterocycles. The average molecular weight is 475 g/mol. The van der Waals surface area contributed by atoms with Crippen molar-refractivity contribution in [2.24, 2.45) is 0 Å². The lowest BCUT2D eigenvalue weighted by molar-refractivity contribution is 0.0468. The minimum Gasteiger partial charge on any atom is -0.497 e. The van der Waals surface area contributed by atoms with Gasteiger partial charge in [-0.3, -0.25) is 0 Å². The maximum absolute atomic E-state index is 12.6. The number of hydrogen-bond acceptors (Lipinski definition) is 8. The predicted octanol–water partition coefficient (Wildman–Crippen LogP) is 3.63. The Kier molecular flexibility index (Phi) is 6.45. The molecule has 2 aromatic carbocycles. The fourth-order valence-corrected chi connectivity index (χ4v) is 5.28. The van der Waals surface area contributed by atoms with Gasteiger partial charge in [-0.1, -0.05) is 12.1 Å². The quantitative estimate of drug-likeness (QED) is 0.472. The Morgan fingerprint density at radius 1 is 1.16 bits per heavy atom. The number of sulfonamides is 1. The summed E-state index contributed by atoms with van der Waals surface area (Å²) in [6, 6.07) is 11.7. The van der Waals surface area contributed by atoms with Crippen LogP contribution in [0.5, 0.6) is 11.5 Å². The van der Waals surface area contributed by atoms with Gasteiger partial charge in [-0.15, -0.1) is 11.3 Å². The molecule has 0 unspecified atom stereocenters. The van der Waals surface area contributed by atoms with Crippen LogP contribution in [0.15, 0.2) is 52.7 Å². The van der Waals surface area contributed by atoms with E-state index in [1.165, 1.54) is 36.6 Å². The highest BCUT2D eigenvalue weighted by Gasteiger charge is 2.30. The molecule has 1 aromatic heterocycles. The largest absolute Gasteiger partial charge is 0.497 e. The first-order chi connectivity index (χ1) is 15.4. The topological polar surface area (TPSA) is 104 Å². The van der Waals surface area contributed by atoms with Gasteiger partial charge in [-0.25, -0.2) is 22.9 Å². The van der Waals surface area contributed by atoms with Crippen LogP contribution in [-0.2, 0) is 21.4 Å². The van der Waals surface area contributed by atoms with Crippen LogP contribution in [-0.4, -0.2) is 39.6 Å². The second-order valence-electron chi connectivity index (χ2n) is 7.21. The zero-order chi connectivity index (χ0) is 22.7. The summed E-state index contributed by atoms with van der Waals surface area (Å²) < 4.78 is 43.6. The molecule has 1 N–H and O–H groups in total. The molecule has 8 nitrogen and oxygen atoms in total. The van der Waals surface area contributed by atoms with Crippen molar-refractivity contribution in [1.29, 1.82) is 0 Å². The smallest absolute Gasteiger partial charge is 0.338 e. The molecule has 1 fully saturated rings. The Labute approximate surface area is 190 Å². The van der Waals surface area contributed by atoms with Crippen molar-refractivity contribution >= 4 is 27.3 Å². The van der Waals surface area contributed by atoms with E-state index in [0.29, 0.717) is 5.69 Å².